The van der Waals surface area contributed by atoms with Gasteiger partial charge in [-0.2, -0.15) is 0 Å². The molecule has 138 valence electrons. The third-order valence-corrected chi connectivity index (χ3v) is 4.76. The van der Waals surface area contributed by atoms with Crippen LogP contribution in [0, 0.1) is 6.92 Å². The number of aromatic nitrogens is 1. The van der Waals surface area contributed by atoms with Crippen molar-refractivity contribution in [3.8, 4) is 5.75 Å². The number of pyridine rings is 1. The van der Waals surface area contributed by atoms with E-state index < -0.39 is 0 Å². The molecule has 1 saturated heterocycles. The molecule has 2 heterocycles. The van der Waals surface area contributed by atoms with Crippen molar-refractivity contribution in [2.24, 2.45) is 0 Å². The summed E-state index contributed by atoms with van der Waals surface area (Å²) in [5.41, 5.74) is 2.25. The maximum Gasteiger partial charge on any atom is 0.257 e. The Hall–Kier alpha value is -2.60. The van der Waals surface area contributed by atoms with Gasteiger partial charge in [-0.05, 0) is 43.3 Å². The Balaban J connectivity index is 1.67. The topological polar surface area (TPSA) is 57.7 Å². The molecule has 1 aromatic carbocycles. The van der Waals surface area contributed by atoms with Gasteiger partial charge in [0.15, 0.2) is 0 Å². The number of likely N-dealkylation sites (N-methyl/N-ethyl adjacent to an activating group) is 1. The van der Waals surface area contributed by atoms with E-state index in [-0.39, 0.29) is 5.91 Å². The first-order chi connectivity index (χ1) is 12.6. The highest BCUT2D eigenvalue weighted by Gasteiger charge is 2.17. The summed E-state index contributed by atoms with van der Waals surface area (Å²) < 4.78 is 5.31. The fraction of sp³-hybridized carbons (Fsp3) is 0.400. The molecule has 1 N–H and O–H groups in total. The maximum atomic E-state index is 12.5. The van der Waals surface area contributed by atoms with Gasteiger partial charge in [0, 0.05) is 32.4 Å². The van der Waals surface area contributed by atoms with Gasteiger partial charge in [0.05, 0.1) is 18.4 Å². The molecule has 1 aromatic heterocycles. The summed E-state index contributed by atoms with van der Waals surface area (Å²) in [5.74, 6) is 1.37. The summed E-state index contributed by atoms with van der Waals surface area (Å²) in [6.45, 7) is 9.28. The molecule has 0 saturated carbocycles. The van der Waals surface area contributed by atoms with Gasteiger partial charge in [-0.1, -0.05) is 13.0 Å². The number of carbonyl (C=O) groups is 1. The molecule has 0 bridgehead atoms. The molecular formula is C20H26N4O2. The Morgan fingerprint density at radius 3 is 2.58 bits per heavy atom. The Bertz CT molecular complexity index is 753. The fourth-order valence-electron chi connectivity index (χ4n) is 3.11. The minimum atomic E-state index is -0.191. The van der Waals surface area contributed by atoms with Gasteiger partial charge in [-0.3, -0.25) is 4.79 Å². The summed E-state index contributed by atoms with van der Waals surface area (Å²) in [6.07, 6.45) is 1.64. The SMILES string of the molecule is CCN1CCN(c2ccc(C(=O)Nc3cc(C)ccc3OC)cn2)CC1. The number of nitrogens with one attached hydrogen (secondary N) is 1. The Morgan fingerprint density at radius 2 is 1.96 bits per heavy atom. The van der Waals surface area contributed by atoms with Crippen molar-refractivity contribution in [3.63, 3.8) is 0 Å². The van der Waals surface area contributed by atoms with Gasteiger partial charge < -0.3 is 19.9 Å². The highest BCUT2D eigenvalue weighted by Crippen LogP contribution is 2.26. The van der Waals surface area contributed by atoms with Crippen LogP contribution >= 0.6 is 0 Å². The van der Waals surface area contributed by atoms with Crippen molar-refractivity contribution in [2.45, 2.75) is 13.8 Å². The number of anilines is 2. The molecule has 0 radical (unpaired) electrons. The standard InChI is InChI=1S/C20H26N4O2/c1-4-23-9-11-24(12-10-23)19-8-6-16(14-21-19)20(25)22-17-13-15(2)5-7-18(17)26-3/h5-8,13-14H,4,9-12H2,1-3H3,(H,22,25). The van der Waals surface area contributed by atoms with Crippen LogP contribution in [0.5, 0.6) is 5.75 Å². The highest BCUT2D eigenvalue weighted by molar-refractivity contribution is 6.05. The number of hydrogen-bond donors (Lipinski definition) is 1. The smallest absolute Gasteiger partial charge is 0.257 e. The van der Waals surface area contributed by atoms with Crippen LogP contribution in [0.15, 0.2) is 36.5 Å². The van der Waals surface area contributed by atoms with Crippen molar-refractivity contribution in [2.75, 3.05) is 50.1 Å². The zero-order chi connectivity index (χ0) is 18.5. The van der Waals surface area contributed by atoms with Gasteiger partial charge in [0.2, 0.25) is 0 Å². The second kappa shape index (κ2) is 8.19. The number of rotatable bonds is 5. The zero-order valence-corrected chi connectivity index (χ0v) is 15.7. The molecule has 6 heteroatoms. The molecule has 26 heavy (non-hydrogen) atoms. The second-order valence-electron chi connectivity index (χ2n) is 6.48. The van der Waals surface area contributed by atoms with E-state index in [0.29, 0.717) is 17.0 Å². The van der Waals surface area contributed by atoms with Crippen molar-refractivity contribution in [1.82, 2.24) is 9.88 Å². The number of hydrogen-bond acceptors (Lipinski definition) is 5. The molecule has 0 unspecified atom stereocenters. The number of carbonyl (C=O) groups excluding carboxylic acids is 1. The maximum absolute atomic E-state index is 12.5. The van der Waals surface area contributed by atoms with Crippen LogP contribution < -0.4 is 15.0 Å². The number of aryl methyl sites for hydroxylation is 1. The van der Waals surface area contributed by atoms with E-state index in [1.54, 1.807) is 13.3 Å². The van der Waals surface area contributed by atoms with Crippen molar-refractivity contribution in [3.05, 3.63) is 47.7 Å². The monoisotopic (exact) mass is 354 g/mol. The van der Waals surface area contributed by atoms with Gasteiger partial charge in [0.25, 0.3) is 5.91 Å². The number of methoxy groups -OCH3 is 1. The normalized spacial score (nSPS) is 15.0. The molecule has 0 aliphatic carbocycles. The summed E-state index contributed by atoms with van der Waals surface area (Å²) in [7, 11) is 1.59. The van der Waals surface area contributed by atoms with Crippen LogP contribution in [0.4, 0.5) is 11.5 Å². The summed E-state index contributed by atoms with van der Waals surface area (Å²) in [4.78, 5) is 21.7. The van der Waals surface area contributed by atoms with Gasteiger partial charge in [0.1, 0.15) is 11.6 Å². The molecule has 0 atom stereocenters. The first kappa shape index (κ1) is 18.2. The minimum Gasteiger partial charge on any atom is -0.495 e. The van der Waals surface area contributed by atoms with Gasteiger partial charge in [-0.25, -0.2) is 4.98 Å². The lowest BCUT2D eigenvalue weighted by Gasteiger charge is -2.34. The molecule has 3 rings (SSSR count). The molecule has 2 aromatic rings. The largest absolute Gasteiger partial charge is 0.495 e. The Kier molecular flexibility index (Phi) is 5.73. The number of nitrogens with zero attached hydrogens (tertiary/aromatic N) is 3. The average Bonchev–Trinajstić information content (AvgIpc) is 2.68. The Morgan fingerprint density at radius 1 is 1.19 bits per heavy atom. The van der Waals surface area contributed by atoms with E-state index >= 15 is 0 Å². The van der Waals surface area contributed by atoms with Crippen LogP contribution in [-0.4, -0.2) is 55.6 Å². The van der Waals surface area contributed by atoms with E-state index in [0.717, 1.165) is 44.1 Å². The van der Waals surface area contributed by atoms with Crippen molar-refractivity contribution in [1.29, 1.82) is 0 Å². The van der Waals surface area contributed by atoms with E-state index in [2.05, 4.69) is 27.0 Å². The number of ether oxygens (including phenoxy) is 1. The first-order valence-electron chi connectivity index (χ1n) is 9.00. The van der Waals surface area contributed by atoms with Crippen LogP contribution in [0.25, 0.3) is 0 Å². The van der Waals surface area contributed by atoms with Gasteiger partial charge >= 0.3 is 0 Å². The fourth-order valence-corrected chi connectivity index (χ4v) is 3.11. The van der Waals surface area contributed by atoms with Crippen LogP contribution in [0.3, 0.4) is 0 Å². The predicted molar refractivity (Wildman–Crippen MR) is 104 cm³/mol. The molecule has 1 aliphatic rings. The van der Waals surface area contributed by atoms with Crippen LogP contribution in [-0.2, 0) is 0 Å². The van der Waals surface area contributed by atoms with Crippen LogP contribution in [0.1, 0.15) is 22.8 Å². The summed E-state index contributed by atoms with van der Waals surface area (Å²) in [6, 6.07) is 9.44. The predicted octanol–water partition coefficient (Wildman–Crippen LogP) is 2.79. The molecule has 0 spiro atoms. The average molecular weight is 354 g/mol. The number of amides is 1. The third kappa shape index (κ3) is 4.14. The molecular weight excluding hydrogens is 328 g/mol. The van der Waals surface area contributed by atoms with E-state index in [1.807, 2.05) is 37.3 Å². The van der Waals surface area contributed by atoms with Crippen molar-refractivity contribution < 1.29 is 9.53 Å². The number of piperazine rings is 1. The summed E-state index contributed by atoms with van der Waals surface area (Å²) in [5, 5.41) is 2.91. The number of benzene rings is 1. The summed E-state index contributed by atoms with van der Waals surface area (Å²) >= 11 is 0. The van der Waals surface area contributed by atoms with Gasteiger partial charge in [-0.15, -0.1) is 0 Å². The minimum absolute atomic E-state index is 0.191. The lowest BCUT2D eigenvalue weighted by Crippen LogP contribution is -2.46. The molecule has 1 aliphatic heterocycles. The first-order valence-corrected chi connectivity index (χ1v) is 9.00. The lowest BCUT2D eigenvalue weighted by atomic mass is 10.2. The quantitative estimate of drug-likeness (QED) is 0.895. The third-order valence-electron chi connectivity index (χ3n) is 4.76. The van der Waals surface area contributed by atoms with Crippen molar-refractivity contribution >= 4 is 17.4 Å². The van der Waals surface area contributed by atoms with E-state index in [9.17, 15) is 4.79 Å². The zero-order valence-electron chi connectivity index (χ0n) is 15.7. The second-order valence-corrected chi connectivity index (χ2v) is 6.48. The van der Waals surface area contributed by atoms with Crippen LogP contribution in [0.2, 0.25) is 0 Å². The molecule has 6 nitrogen and oxygen atoms in total. The molecule has 1 fully saturated rings. The molecule has 1 amide bonds. The van der Waals surface area contributed by atoms with E-state index in [1.165, 1.54) is 0 Å². The lowest BCUT2D eigenvalue weighted by molar-refractivity contribution is 0.102. The highest BCUT2D eigenvalue weighted by atomic mass is 16.5. The van der Waals surface area contributed by atoms with E-state index in [4.69, 9.17) is 4.74 Å². The Labute approximate surface area is 154 Å².